The first-order valence-electron chi connectivity index (χ1n) is 11.9. The van der Waals surface area contributed by atoms with Gasteiger partial charge in [0.2, 0.25) is 11.8 Å². The number of hydrogen-bond acceptors (Lipinski definition) is 7. The van der Waals surface area contributed by atoms with Crippen LogP contribution in [0, 0.1) is 0 Å². The predicted molar refractivity (Wildman–Crippen MR) is 144 cm³/mol. The summed E-state index contributed by atoms with van der Waals surface area (Å²) in [6.07, 6.45) is 3.26. The number of aromatic amines is 1. The molecule has 1 unspecified atom stereocenters. The van der Waals surface area contributed by atoms with E-state index in [1.54, 1.807) is 30.8 Å². The van der Waals surface area contributed by atoms with Crippen LogP contribution in [0.5, 0.6) is 0 Å². The molecule has 4 heterocycles. The number of rotatable bonds is 6. The van der Waals surface area contributed by atoms with Gasteiger partial charge in [0.05, 0.1) is 10.9 Å². The van der Waals surface area contributed by atoms with E-state index in [9.17, 15) is 9.59 Å². The van der Waals surface area contributed by atoms with Gasteiger partial charge in [0.1, 0.15) is 12.1 Å². The van der Waals surface area contributed by atoms with Crippen molar-refractivity contribution in [2.24, 2.45) is 0 Å². The van der Waals surface area contributed by atoms with Gasteiger partial charge in [0.25, 0.3) is 0 Å². The van der Waals surface area contributed by atoms with Crippen molar-refractivity contribution < 1.29 is 9.59 Å². The number of aromatic nitrogens is 4. The second-order valence-electron chi connectivity index (χ2n) is 8.84. The Balaban J connectivity index is 1.61. The predicted octanol–water partition coefficient (Wildman–Crippen LogP) is 4.46. The number of nitrogens with one attached hydrogen (secondary N) is 2. The zero-order valence-electron chi connectivity index (χ0n) is 20.4. The normalized spacial score (nSPS) is 14.9. The van der Waals surface area contributed by atoms with E-state index < -0.39 is 0 Å². The number of nitrogens with zero attached hydrogens (tertiary/aromatic N) is 5. The van der Waals surface area contributed by atoms with E-state index in [0.29, 0.717) is 29.8 Å². The van der Waals surface area contributed by atoms with Crippen LogP contribution in [-0.2, 0) is 9.59 Å². The van der Waals surface area contributed by atoms with Gasteiger partial charge in [-0.1, -0.05) is 23.7 Å². The summed E-state index contributed by atoms with van der Waals surface area (Å²) >= 11 is 7.84. The van der Waals surface area contributed by atoms with Gasteiger partial charge in [-0.3, -0.25) is 14.5 Å². The van der Waals surface area contributed by atoms with Gasteiger partial charge in [0.15, 0.2) is 5.82 Å². The van der Waals surface area contributed by atoms with Gasteiger partial charge >= 0.3 is 0 Å². The lowest BCUT2D eigenvalue weighted by atomic mass is 9.95. The Hall–Kier alpha value is -3.60. The minimum absolute atomic E-state index is 0.0897. The van der Waals surface area contributed by atoms with E-state index in [-0.39, 0.29) is 17.9 Å². The number of carbonyl (C=O) groups is 2. The third kappa shape index (κ3) is 5.56. The Labute approximate surface area is 223 Å². The maximum absolute atomic E-state index is 12.0. The Morgan fingerprint density at radius 1 is 1.08 bits per heavy atom. The maximum Gasteiger partial charge on any atom is 0.222 e. The summed E-state index contributed by atoms with van der Waals surface area (Å²) in [5.74, 6) is 1.10. The van der Waals surface area contributed by atoms with Gasteiger partial charge in [-0.05, 0) is 47.0 Å². The molecule has 4 aromatic rings. The molecule has 11 heteroatoms. The third-order valence-electron chi connectivity index (χ3n) is 6.35. The zero-order valence-corrected chi connectivity index (χ0v) is 22.0. The van der Waals surface area contributed by atoms with E-state index >= 15 is 0 Å². The number of pyridine rings is 1. The fraction of sp³-hybridized carbons (Fsp3) is 0.269. The largest absolute Gasteiger partial charge is 0.340 e. The number of amides is 2. The monoisotopic (exact) mass is 535 g/mol. The van der Waals surface area contributed by atoms with Gasteiger partial charge in [-0.15, -0.1) is 21.5 Å². The molecule has 5 rings (SSSR count). The average Bonchev–Trinajstić information content (AvgIpc) is 3.56. The lowest BCUT2D eigenvalue weighted by Crippen LogP contribution is -2.49. The summed E-state index contributed by atoms with van der Waals surface area (Å²) in [6.45, 7) is 5.87. The lowest BCUT2D eigenvalue weighted by molar-refractivity contribution is -0.130. The van der Waals surface area contributed by atoms with Crippen LogP contribution in [0.25, 0.3) is 21.1 Å². The second-order valence-corrected chi connectivity index (χ2v) is 10.3. The molecule has 2 N–H and O–H groups in total. The summed E-state index contributed by atoms with van der Waals surface area (Å²) < 4.78 is 0. The van der Waals surface area contributed by atoms with Crippen LogP contribution in [0.4, 0.5) is 5.82 Å². The number of anilines is 1. The Morgan fingerprint density at radius 2 is 1.84 bits per heavy atom. The number of hydrogen-bond donors (Lipinski definition) is 2. The number of piperazine rings is 1. The number of thiophene rings is 1. The molecule has 1 aliphatic heterocycles. The topological polar surface area (TPSA) is 107 Å². The Kier molecular flexibility index (Phi) is 7.31. The average molecular weight is 536 g/mol. The van der Waals surface area contributed by atoms with E-state index in [4.69, 9.17) is 11.6 Å². The molecule has 1 aliphatic rings. The van der Waals surface area contributed by atoms with E-state index in [1.807, 2.05) is 41.3 Å². The zero-order chi connectivity index (χ0) is 25.9. The van der Waals surface area contributed by atoms with Gasteiger partial charge < -0.3 is 15.2 Å². The molecule has 0 radical (unpaired) electrons. The van der Waals surface area contributed by atoms with Gasteiger partial charge in [0, 0.05) is 56.1 Å². The van der Waals surface area contributed by atoms with Crippen LogP contribution in [0.2, 0.25) is 5.02 Å². The Morgan fingerprint density at radius 3 is 2.49 bits per heavy atom. The summed E-state index contributed by atoms with van der Waals surface area (Å²) in [7, 11) is 0. The minimum atomic E-state index is -0.175. The fourth-order valence-electron chi connectivity index (χ4n) is 4.61. The highest BCUT2D eigenvalue weighted by molar-refractivity contribution is 7.19. The van der Waals surface area contributed by atoms with Crippen LogP contribution >= 0.6 is 22.9 Å². The lowest BCUT2D eigenvalue weighted by Gasteiger charge is -2.39. The Bertz CT molecular complexity index is 1400. The SMILES string of the molecule is CC(=O)Nc1cc(-c2cc(C(c3ccc(Cl)cc3)N3CCN(C(C)=O)CC3)c(-c3nnc[nH]3)s2)ccn1. The van der Waals surface area contributed by atoms with Crippen molar-refractivity contribution in [2.75, 3.05) is 31.5 Å². The quantitative estimate of drug-likeness (QED) is 0.377. The molecule has 3 aromatic heterocycles. The first-order chi connectivity index (χ1) is 17.9. The molecule has 0 spiro atoms. The van der Waals surface area contributed by atoms with Crippen molar-refractivity contribution >= 4 is 40.6 Å². The molecule has 1 aromatic carbocycles. The van der Waals surface area contributed by atoms with Crippen LogP contribution in [0.3, 0.4) is 0 Å². The van der Waals surface area contributed by atoms with Crippen molar-refractivity contribution in [2.45, 2.75) is 19.9 Å². The van der Waals surface area contributed by atoms with Crippen molar-refractivity contribution in [3.05, 3.63) is 71.1 Å². The molecule has 2 amide bonds. The summed E-state index contributed by atoms with van der Waals surface area (Å²) in [4.78, 5) is 37.2. The number of carbonyl (C=O) groups excluding carboxylic acids is 2. The van der Waals surface area contributed by atoms with Gasteiger partial charge in [-0.25, -0.2) is 4.98 Å². The highest BCUT2D eigenvalue weighted by Gasteiger charge is 2.31. The molecular formula is C26H26ClN7O2S. The maximum atomic E-state index is 12.0. The number of H-pyrrole nitrogens is 1. The molecule has 0 bridgehead atoms. The molecule has 1 atom stereocenters. The van der Waals surface area contributed by atoms with Crippen LogP contribution in [0.1, 0.15) is 31.0 Å². The smallest absolute Gasteiger partial charge is 0.222 e. The van der Waals surface area contributed by atoms with Crippen LogP contribution in [0.15, 0.2) is 55.0 Å². The summed E-state index contributed by atoms with van der Waals surface area (Å²) in [5, 5.41) is 11.8. The fourth-order valence-corrected chi connectivity index (χ4v) is 5.87. The van der Waals surface area contributed by atoms with Crippen molar-refractivity contribution in [1.29, 1.82) is 0 Å². The van der Waals surface area contributed by atoms with Crippen molar-refractivity contribution in [3.63, 3.8) is 0 Å². The first kappa shape index (κ1) is 25.1. The van der Waals surface area contributed by atoms with E-state index in [0.717, 1.165) is 39.5 Å². The number of halogens is 1. The van der Waals surface area contributed by atoms with Gasteiger partial charge in [-0.2, -0.15) is 0 Å². The molecule has 0 aliphatic carbocycles. The molecule has 1 saturated heterocycles. The van der Waals surface area contributed by atoms with Crippen molar-refractivity contribution in [3.8, 4) is 21.1 Å². The molecular weight excluding hydrogens is 510 g/mol. The van der Waals surface area contributed by atoms with Crippen LogP contribution < -0.4 is 5.32 Å². The minimum Gasteiger partial charge on any atom is -0.340 e. The number of benzene rings is 1. The molecule has 1 fully saturated rings. The molecule has 190 valence electrons. The van der Waals surface area contributed by atoms with Crippen LogP contribution in [-0.4, -0.2) is 68.0 Å². The second kappa shape index (κ2) is 10.8. The molecule has 9 nitrogen and oxygen atoms in total. The standard InChI is InChI=1S/C26H26ClN7O2S/c1-16(35)31-23-13-19(7-8-28-23)22-14-21(25(37-22)26-29-15-30-32-26)24(18-3-5-20(27)6-4-18)34-11-9-33(10-12-34)17(2)36/h3-8,13-15,24H,9-12H2,1-2H3,(H,28,31,35)(H,29,30,32). The highest BCUT2D eigenvalue weighted by Crippen LogP contribution is 2.44. The first-order valence-corrected chi connectivity index (χ1v) is 13.1. The summed E-state index contributed by atoms with van der Waals surface area (Å²) in [5.41, 5.74) is 3.11. The van der Waals surface area contributed by atoms with Crippen molar-refractivity contribution in [1.82, 2.24) is 30.0 Å². The highest BCUT2D eigenvalue weighted by atomic mass is 35.5. The van der Waals surface area contributed by atoms with E-state index in [1.165, 1.54) is 6.92 Å². The third-order valence-corrected chi connectivity index (χ3v) is 7.80. The summed E-state index contributed by atoms with van der Waals surface area (Å²) in [6, 6.07) is 13.8. The molecule has 0 saturated carbocycles. The van der Waals surface area contributed by atoms with E-state index in [2.05, 4.69) is 36.4 Å². The molecule has 37 heavy (non-hydrogen) atoms.